The first-order valence-corrected chi connectivity index (χ1v) is 9.19. The summed E-state index contributed by atoms with van der Waals surface area (Å²) in [6.45, 7) is 2.74. The van der Waals surface area contributed by atoms with E-state index in [4.69, 9.17) is 23.2 Å². The number of thiazole rings is 1. The number of carbonyl (C=O) groups excluding carboxylic acids is 1. The Balaban J connectivity index is 2.17. The van der Waals surface area contributed by atoms with E-state index in [2.05, 4.69) is 20.9 Å². The van der Waals surface area contributed by atoms with Crippen LogP contribution in [0.1, 0.15) is 17.3 Å². The highest BCUT2D eigenvalue weighted by Gasteiger charge is 2.12. The molecule has 3 nitrogen and oxygen atoms in total. The van der Waals surface area contributed by atoms with Gasteiger partial charge in [-0.3, -0.25) is 4.79 Å². The fourth-order valence-electron chi connectivity index (χ4n) is 2.25. The Bertz CT molecular complexity index is 978. The number of benzene rings is 2. The maximum atomic E-state index is 12.5. The van der Waals surface area contributed by atoms with E-state index in [1.165, 1.54) is 17.4 Å². The van der Waals surface area contributed by atoms with Gasteiger partial charge in [-0.2, -0.15) is 4.99 Å². The molecule has 0 fully saturated rings. The third-order valence-electron chi connectivity index (χ3n) is 3.32. The van der Waals surface area contributed by atoms with E-state index in [0.29, 0.717) is 20.4 Å². The third kappa shape index (κ3) is 3.38. The number of hydrogen-bond acceptors (Lipinski definition) is 2. The second kappa shape index (κ2) is 6.77. The number of rotatable bonds is 2. The Morgan fingerprint density at radius 1 is 1.26 bits per heavy atom. The van der Waals surface area contributed by atoms with Crippen molar-refractivity contribution in [3.63, 3.8) is 0 Å². The van der Waals surface area contributed by atoms with Crippen LogP contribution in [0.3, 0.4) is 0 Å². The van der Waals surface area contributed by atoms with Crippen molar-refractivity contribution < 1.29 is 4.79 Å². The lowest BCUT2D eigenvalue weighted by atomic mass is 10.2. The van der Waals surface area contributed by atoms with Gasteiger partial charge in [0.2, 0.25) is 0 Å². The Kier molecular flexibility index (Phi) is 4.92. The fourth-order valence-corrected chi connectivity index (χ4v) is 4.26. The molecule has 0 saturated carbocycles. The summed E-state index contributed by atoms with van der Waals surface area (Å²) in [4.78, 5) is 17.4. The minimum absolute atomic E-state index is 0.306. The molecule has 0 unspecified atom stereocenters. The predicted molar refractivity (Wildman–Crippen MR) is 99.5 cm³/mol. The van der Waals surface area contributed by atoms with E-state index in [1.54, 1.807) is 12.1 Å². The molecule has 1 amide bonds. The molecule has 1 aromatic heterocycles. The minimum Gasteiger partial charge on any atom is -0.317 e. The zero-order valence-electron chi connectivity index (χ0n) is 12.0. The molecule has 3 rings (SSSR count). The van der Waals surface area contributed by atoms with Gasteiger partial charge in [-0.15, -0.1) is 0 Å². The number of aromatic nitrogens is 1. The van der Waals surface area contributed by atoms with Gasteiger partial charge in [-0.05, 0) is 43.3 Å². The second-order valence-electron chi connectivity index (χ2n) is 4.78. The molecular formula is C16H11BrCl2N2OS. The molecule has 0 atom stereocenters. The normalized spacial score (nSPS) is 12.1. The van der Waals surface area contributed by atoms with Gasteiger partial charge >= 0.3 is 0 Å². The van der Waals surface area contributed by atoms with Crippen LogP contribution in [-0.4, -0.2) is 10.5 Å². The molecule has 0 aliphatic heterocycles. The maximum Gasteiger partial charge on any atom is 0.281 e. The van der Waals surface area contributed by atoms with Crippen molar-refractivity contribution >= 4 is 66.6 Å². The minimum atomic E-state index is -0.398. The van der Waals surface area contributed by atoms with Gasteiger partial charge < -0.3 is 4.57 Å². The molecule has 118 valence electrons. The molecule has 7 heteroatoms. The lowest BCUT2D eigenvalue weighted by Crippen LogP contribution is -2.16. The van der Waals surface area contributed by atoms with Crippen LogP contribution in [0, 0.1) is 0 Å². The number of amides is 1. The summed E-state index contributed by atoms with van der Waals surface area (Å²) in [5.74, 6) is -0.398. The molecule has 0 aliphatic carbocycles. The smallest absolute Gasteiger partial charge is 0.281 e. The first kappa shape index (κ1) is 16.7. The van der Waals surface area contributed by atoms with Crippen LogP contribution in [0.2, 0.25) is 10.0 Å². The molecule has 0 aliphatic rings. The number of aryl methyl sites for hydroxylation is 1. The number of halogens is 3. The van der Waals surface area contributed by atoms with Gasteiger partial charge in [0.1, 0.15) is 0 Å². The van der Waals surface area contributed by atoms with E-state index in [-0.39, 0.29) is 0 Å². The van der Waals surface area contributed by atoms with Crippen molar-refractivity contribution in [3.05, 3.63) is 61.3 Å². The second-order valence-corrected chi connectivity index (χ2v) is 7.55. The van der Waals surface area contributed by atoms with Crippen LogP contribution >= 0.6 is 50.5 Å². The predicted octanol–water partition coefficient (Wildman–Crippen LogP) is 5.53. The summed E-state index contributed by atoms with van der Waals surface area (Å²) < 4.78 is 4.05. The summed E-state index contributed by atoms with van der Waals surface area (Å²) in [7, 11) is 0. The number of nitrogens with zero attached hydrogens (tertiary/aromatic N) is 2. The Morgan fingerprint density at radius 2 is 2.04 bits per heavy atom. The van der Waals surface area contributed by atoms with Crippen LogP contribution in [0.4, 0.5) is 0 Å². The molecule has 2 aromatic carbocycles. The summed E-state index contributed by atoms with van der Waals surface area (Å²) in [6, 6.07) is 10.8. The van der Waals surface area contributed by atoms with Gasteiger partial charge in [0.05, 0.1) is 20.8 Å². The lowest BCUT2D eigenvalue weighted by molar-refractivity contribution is 0.0998. The van der Waals surface area contributed by atoms with Gasteiger partial charge in [0.25, 0.3) is 5.91 Å². The molecule has 1 heterocycles. The van der Waals surface area contributed by atoms with E-state index < -0.39 is 5.91 Å². The molecule has 0 spiro atoms. The average Bonchev–Trinajstić information content (AvgIpc) is 2.85. The number of fused-ring (bicyclic) bond motifs is 1. The summed E-state index contributed by atoms with van der Waals surface area (Å²) in [5, 5.41) is 0.798. The van der Waals surface area contributed by atoms with Crippen molar-refractivity contribution in [2.24, 2.45) is 4.99 Å². The van der Waals surface area contributed by atoms with Gasteiger partial charge in [-0.1, -0.05) is 50.5 Å². The van der Waals surface area contributed by atoms with E-state index in [9.17, 15) is 4.79 Å². The first-order valence-electron chi connectivity index (χ1n) is 6.82. The first-order chi connectivity index (χ1) is 11.0. The SMILES string of the molecule is CCn1c(=NC(=O)c2cc(Cl)ccc2Cl)sc2cc(Br)ccc21. The third-order valence-corrected chi connectivity index (χ3v) is 5.42. The topological polar surface area (TPSA) is 34.4 Å². The zero-order chi connectivity index (χ0) is 16.6. The van der Waals surface area contributed by atoms with Crippen molar-refractivity contribution in [1.29, 1.82) is 0 Å². The highest BCUT2D eigenvalue weighted by molar-refractivity contribution is 9.10. The van der Waals surface area contributed by atoms with Crippen molar-refractivity contribution in [1.82, 2.24) is 4.57 Å². The Labute approximate surface area is 155 Å². The largest absolute Gasteiger partial charge is 0.317 e. The number of carbonyl (C=O) groups is 1. The van der Waals surface area contributed by atoms with E-state index >= 15 is 0 Å². The highest BCUT2D eigenvalue weighted by atomic mass is 79.9. The monoisotopic (exact) mass is 428 g/mol. The average molecular weight is 430 g/mol. The van der Waals surface area contributed by atoms with E-state index in [0.717, 1.165) is 21.2 Å². The van der Waals surface area contributed by atoms with Crippen LogP contribution < -0.4 is 4.80 Å². The van der Waals surface area contributed by atoms with Crippen LogP contribution in [-0.2, 0) is 6.54 Å². The summed E-state index contributed by atoms with van der Waals surface area (Å²) >= 11 is 17.0. The summed E-state index contributed by atoms with van der Waals surface area (Å²) in [6.07, 6.45) is 0. The lowest BCUT2D eigenvalue weighted by Gasteiger charge is -2.01. The molecule has 0 saturated heterocycles. The van der Waals surface area contributed by atoms with Gasteiger partial charge in [0, 0.05) is 16.0 Å². The van der Waals surface area contributed by atoms with E-state index in [1.807, 2.05) is 29.7 Å². The maximum absolute atomic E-state index is 12.5. The van der Waals surface area contributed by atoms with Crippen LogP contribution in [0.15, 0.2) is 45.9 Å². The van der Waals surface area contributed by atoms with Crippen molar-refractivity contribution in [2.45, 2.75) is 13.5 Å². The molecular weight excluding hydrogens is 419 g/mol. The van der Waals surface area contributed by atoms with Gasteiger partial charge in [0.15, 0.2) is 4.80 Å². The molecule has 0 N–H and O–H groups in total. The Morgan fingerprint density at radius 3 is 2.78 bits per heavy atom. The van der Waals surface area contributed by atoms with Gasteiger partial charge in [-0.25, -0.2) is 0 Å². The molecule has 0 bridgehead atoms. The zero-order valence-corrected chi connectivity index (χ0v) is 15.9. The van der Waals surface area contributed by atoms with Crippen LogP contribution in [0.25, 0.3) is 10.2 Å². The number of hydrogen-bond donors (Lipinski definition) is 0. The van der Waals surface area contributed by atoms with Crippen LogP contribution in [0.5, 0.6) is 0 Å². The van der Waals surface area contributed by atoms with Crippen molar-refractivity contribution in [3.8, 4) is 0 Å². The summed E-state index contributed by atoms with van der Waals surface area (Å²) in [5.41, 5.74) is 1.35. The fraction of sp³-hybridized carbons (Fsp3) is 0.125. The molecule has 23 heavy (non-hydrogen) atoms. The highest BCUT2D eigenvalue weighted by Crippen LogP contribution is 2.23. The Hall–Kier alpha value is -1.14. The van der Waals surface area contributed by atoms with Crippen molar-refractivity contribution in [2.75, 3.05) is 0 Å². The quantitative estimate of drug-likeness (QED) is 0.527. The molecule has 0 radical (unpaired) electrons. The standard InChI is InChI=1S/C16H11BrCl2N2OS/c1-2-21-13-6-3-9(17)7-14(13)23-16(21)20-15(22)11-8-10(18)4-5-12(11)19/h3-8H,2H2,1H3. The molecule has 3 aromatic rings.